The van der Waals surface area contributed by atoms with Crippen molar-refractivity contribution in [2.75, 3.05) is 20.1 Å². The number of hydrogen-bond acceptors (Lipinski definition) is 3. The third-order valence-electron chi connectivity index (χ3n) is 3.48. The molecule has 0 amide bonds. The predicted molar refractivity (Wildman–Crippen MR) is 105 cm³/mol. The Morgan fingerprint density at radius 3 is 2.35 bits per heavy atom. The van der Waals surface area contributed by atoms with Gasteiger partial charge in [0, 0.05) is 23.0 Å². The largest absolute Gasteiger partial charge is 0.331 e. The maximum absolute atomic E-state index is 6.00. The van der Waals surface area contributed by atoms with Crippen LogP contribution < -0.4 is 5.73 Å². The molecule has 2 aromatic rings. The molecule has 0 spiro atoms. The number of likely N-dealkylation sites (N-methyl/N-ethyl adjacent to an activating group) is 1. The van der Waals surface area contributed by atoms with Gasteiger partial charge in [-0.1, -0.05) is 36.7 Å². The van der Waals surface area contributed by atoms with Crippen LogP contribution >= 0.6 is 24.2 Å². The highest BCUT2D eigenvalue weighted by atomic mass is 35.5. The van der Waals surface area contributed by atoms with Gasteiger partial charge < -0.3 is 10.6 Å². The minimum absolute atomic E-state index is 0.750. The average Bonchev–Trinajstić information content (AvgIpc) is 2.50. The predicted octanol–water partition coefficient (Wildman–Crippen LogP) is 4.58. The Morgan fingerprint density at radius 2 is 1.83 bits per heavy atom. The Bertz CT molecular complexity index is 587. The summed E-state index contributed by atoms with van der Waals surface area (Å²) in [6.07, 6.45) is 1.13. The van der Waals surface area contributed by atoms with E-state index in [1.165, 1.54) is 16.7 Å². The van der Waals surface area contributed by atoms with Gasteiger partial charge in [-0.15, -0.1) is 12.6 Å². The topological polar surface area (TPSA) is 29.3 Å². The quantitative estimate of drug-likeness (QED) is 0.681. The lowest BCUT2D eigenvalue weighted by atomic mass is 9.96. The summed E-state index contributed by atoms with van der Waals surface area (Å²) in [5.41, 5.74) is 9.08. The van der Waals surface area contributed by atoms with Gasteiger partial charge in [0.1, 0.15) is 0 Å². The van der Waals surface area contributed by atoms with Crippen LogP contribution in [0, 0.1) is 6.92 Å². The number of nitrogens with two attached hydrogens (primary N) is 1. The van der Waals surface area contributed by atoms with Crippen LogP contribution in [0.15, 0.2) is 47.4 Å². The standard InChI is InChI=1S/C11H14ClN.C6H6S.C2H7N/c1-8-5-10(12)6-9-3-4-13(2)7-11(8)9;7-6-4-2-1-3-5-6;1-2-3/h5-6H,3-4,7H2,1-2H3;1-5,7H;2-3H2,1H3. The number of nitrogens with zero attached hydrogens (tertiary/aromatic N) is 1. The summed E-state index contributed by atoms with van der Waals surface area (Å²) >= 11 is 10.1. The molecular formula is C19H27ClN2S. The van der Waals surface area contributed by atoms with Crippen molar-refractivity contribution in [2.24, 2.45) is 5.73 Å². The van der Waals surface area contributed by atoms with E-state index in [4.69, 9.17) is 17.3 Å². The molecule has 0 unspecified atom stereocenters. The van der Waals surface area contributed by atoms with Crippen molar-refractivity contribution >= 4 is 24.2 Å². The minimum atomic E-state index is 0.750. The summed E-state index contributed by atoms with van der Waals surface area (Å²) in [5.74, 6) is 0. The third kappa shape index (κ3) is 7.40. The molecule has 2 nitrogen and oxygen atoms in total. The van der Waals surface area contributed by atoms with Crippen molar-refractivity contribution in [1.82, 2.24) is 4.90 Å². The summed E-state index contributed by atoms with van der Waals surface area (Å²) in [5, 5.41) is 0.876. The maximum atomic E-state index is 6.00. The number of thiol groups is 1. The number of halogens is 1. The van der Waals surface area contributed by atoms with Crippen LogP contribution in [-0.4, -0.2) is 25.0 Å². The van der Waals surface area contributed by atoms with Gasteiger partial charge in [0.15, 0.2) is 0 Å². The number of rotatable bonds is 0. The van der Waals surface area contributed by atoms with Gasteiger partial charge in [-0.05, 0) is 67.9 Å². The number of aryl methyl sites for hydroxylation is 1. The Morgan fingerprint density at radius 1 is 1.22 bits per heavy atom. The molecule has 0 atom stereocenters. The minimum Gasteiger partial charge on any atom is -0.331 e. The first kappa shape index (κ1) is 20.0. The van der Waals surface area contributed by atoms with Crippen molar-refractivity contribution in [2.45, 2.75) is 31.7 Å². The second-order valence-corrected chi connectivity index (χ2v) is 6.54. The van der Waals surface area contributed by atoms with E-state index in [-0.39, 0.29) is 0 Å². The van der Waals surface area contributed by atoms with Crippen LogP contribution in [0.2, 0.25) is 5.02 Å². The monoisotopic (exact) mass is 350 g/mol. The first-order chi connectivity index (χ1) is 11.0. The Balaban J connectivity index is 0.000000223. The van der Waals surface area contributed by atoms with Crippen LogP contribution in [0.4, 0.5) is 0 Å². The Labute approximate surface area is 151 Å². The van der Waals surface area contributed by atoms with Gasteiger partial charge in [0.25, 0.3) is 0 Å². The molecule has 23 heavy (non-hydrogen) atoms. The summed E-state index contributed by atoms with van der Waals surface area (Å²) in [4.78, 5) is 3.37. The molecule has 1 heterocycles. The van der Waals surface area contributed by atoms with E-state index in [2.05, 4.69) is 43.6 Å². The normalized spacial score (nSPS) is 13.1. The molecule has 0 aromatic heterocycles. The molecule has 4 heteroatoms. The molecule has 0 aliphatic carbocycles. The van der Waals surface area contributed by atoms with Gasteiger partial charge in [-0.25, -0.2) is 0 Å². The zero-order valence-electron chi connectivity index (χ0n) is 14.2. The van der Waals surface area contributed by atoms with Crippen LogP contribution in [0.25, 0.3) is 0 Å². The van der Waals surface area contributed by atoms with Crippen molar-refractivity contribution in [3.8, 4) is 0 Å². The third-order valence-corrected chi connectivity index (χ3v) is 3.99. The van der Waals surface area contributed by atoms with E-state index in [1.807, 2.05) is 37.3 Å². The van der Waals surface area contributed by atoms with Crippen LogP contribution in [0.1, 0.15) is 23.6 Å². The molecule has 1 aliphatic rings. The smallest absolute Gasteiger partial charge is 0.0411 e. The lowest BCUT2D eigenvalue weighted by molar-refractivity contribution is 0.312. The van der Waals surface area contributed by atoms with Gasteiger partial charge in [0.05, 0.1) is 0 Å². The van der Waals surface area contributed by atoms with Crippen molar-refractivity contribution < 1.29 is 0 Å². The Hall–Kier alpha value is -1.00. The van der Waals surface area contributed by atoms with Crippen LogP contribution in [0.5, 0.6) is 0 Å². The molecule has 1 aliphatic heterocycles. The van der Waals surface area contributed by atoms with Gasteiger partial charge in [-0.3, -0.25) is 0 Å². The fraction of sp³-hybridized carbons (Fsp3) is 0.368. The second kappa shape index (κ2) is 10.7. The van der Waals surface area contributed by atoms with Crippen molar-refractivity contribution in [3.63, 3.8) is 0 Å². The first-order valence-corrected chi connectivity index (χ1v) is 8.71. The number of hydrogen-bond donors (Lipinski definition) is 2. The second-order valence-electron chi connectivity index (χ2n) is 5.59. The zero-order valence-corrected chi connectivity index (χ0v) is 15.9. The fourth-order valence-corrected chi connectivity index (χ4v) is 2.85. The SMILES string of the molecule is CCN.Cc1cc(Cl)cc2c1CN(C)CC2.Sc1ccccc1. The average molecular weight is 351 g/mol. The molecule has 126 valence electrons. The highest BCUT2D eigenvalue weighted by Gasteiger charge is 2.15. The van der Waals surface area contributed by atoms with Crippen LogP contribution in [-0.2, 0) is 13.0 Å². The first-order valence-electron chi connectivity index (χ1n) is 7.88. The van der Waals surface area contributed by atoms with Gasteiger partial charge >= 0.3 is 0 Å². The molecule has 0 saturated heterocycles. The molecular weight excluding hydrogens is 324 g/mol. The molecule has 3 rings (SSSR count). The van der Waals surface area contributed by atoms with Crippen LogP contribution in [0.3, 0.4) is 0 Å². The number of benzene rings is 2. The molecule has 0 fully saturated rings. The molecule has 0 bridgehead atoms. The maximum Gasteiger partial charge on any atom is 0.0411 e. The molecule has 0 radical (unpaired) electrons. The summed E-state index contributed by atoms with van der Waals surface area (Å²) in [6.45, 7) is 7.01. The van der Waals surface area contributed by atoms with E-state index in [9.17, 15) is 0 Å². The molecule has 0 saturated carbocycles. The van der Waals surface area contributed by atoms with E-state index in [1.54, 1.807) is 0 Å². The summed E-state index contributed by atoms with van der Waals surface area (Å²) in [7, 11) is 2.16. The molecule has 2 N–H and O–H groups in total. The van der Waals surface area contributed by atoms with E-state index in [0.717, 1.165) is 36.0 Å². The van der Waals surface area contributed by atoms with Gasteiger partial charge in [-0.2, -0.15) is 0 Å². The number of fused-ring (bicyclic) bond motifs is 1. The molecule has 2 aromatic carbocycles. The summed E-state index contributed by atoms with van der Waals surface area (Å²) < 4.78 is 0. The van der Waals surface area contributed by atoms with Crippen molar-refractivity contribution in [3.05, 3.63) is 64.2 Å². The highest BCUT2D eigenvalue weighted by Crippen LogP contribution is 2.25. The summed E-state index contributed by atoms with van der Waals surface area (Å²) in [6, 6.07) is 14.0. The van der Waals surface area contributed by atoms with Crippen molar-refractivity contribution in [1.29, 1.82) is 0 Å². The van der Waals surface area contributed by atoms with E-state index >= 15 is 0 Å². The lowest BCUT2D eigenvalue weighted by Crippen LogP contribution is -2.27. The van der Waals surface area contributed by atoms with E-state index in [0.29, 0.717) is 0 Å². The van der Waals surface area contributed by atoms with Gasteiger partial charge in [0.2, 0.25) is 0 Å². The lowest BCUT2D eigenvalue weighted by Gasteiger charge is -2.26. The zero-order chi connectivity index (χ0) is 17.2. The fourth-order valence-electron chi connectivity index (χ4n) is 2.38. The highest BCUT2D eigenvalue weighted by molar-refractivity contribution is 7.80. The van der Waals surface area contributed by atoms with E-state index < -0.39 is 0 Å². The Kier molecular flexibility index (Phi) is 9.34.